The van der Waals surface area contributed by atoms with Crippen LogP contribution in [0, 0.1) is 5.82 Å². The van der Waals surface area contributed by atoms with E-state index >= 15 is 0 Å². The zero-order valence-corrected chi connectivity index (χ0v) is 14.2. The number of aliphatic carboxylic acids is 1. The second kappa shape index (κ2) is 8.07. The van der Waals surface area contributed by atoms with Crippen LogP contribution in [0.5, 0.6) is 0 Å². The van der Waals surface area contributed by atoms with Gasteiger partial charge in [0.25, 0.3) is 0 Å². The van der Waals surface area contributed by atoms with Crippen LogP contribution >= 0.6 is 0 Å². The second-order valence-electron chi connectivity index (χ2n) is 6.44. The van der Waals surface area contributed by atoms with Gasteiger partial charge in [0.1, 0.15) is 12.4 Å². The molecule has 0 unspecified atom stereocenters. The number of nitrogens with zero attached hydrogens (tertiary/aromatic N) is 3. The second-order valence-corrected chi connectivity index (χ2v) is 6.44. The van der Waals surface area contributed by atoms with Gasteiger partial charge in [-0.1, -0.05) is 17.3 Å². The van der Waals surface area contributed by atoms with E-state index in [1.54, 1.807) is 0 Å². The lowest BCUT2D eigenvalue weighted by Gasteiger charge is -2.20. The summed E-state index contributed by atoms with van der Waals surface area (Å²) in [5.41, 5.74) is 0.673. The van der Waals surface area contributed by atoms with E-state index in [4.69, 9.17) is 9.63 Å². The first-order valence-electron chi connectivity index (χ1n) is 8.58. The molecule has 1 aliphatic rings. The molecule has 1 fully saturated rings. The predicted molar refractivity (Wildman–Crippen MR) is 88.7 cm³/mol. The number of hydrogen-bond donors (Lipinski definition) is 1. The number of rotatable bonds is 9. The molecule has 7 nitrogen and oxygen atoms in total. The molecule has 2 aromatic rings. The number of amides is 1. The van der Waals surface area contributed by atoms with Crippen molar-refractivity contribution >= 4 is 11.9 Å². The van der Waals surface area contributed by atoms with Gasteiger partial charge in [0.2, 0.25) is 11.8 Å². The van der Waals surface area contributed by atoms with Crippen molar-refractivity contribution in [2.75, 3.05) is 6.54 Å². The summed E-state index contributed by atoms with van der Waals surface area (Å²) >= 11 is 0. The van der Waals surface area contributed by atoms with E-state index < -0.39 is 12.5 Å². The molecule has 1 N–H and O–H groups in total. The average Bonchev–Trinajstić information content (AvgIpc) is 3.35. The number of aromatic nitrogens is 2. The molecule has 1 heterocycles. The molecular formula is C18H20FN3O4. The lowest BCUT2D eigenvalue weighted by atomic mass is 10.1. The van der Waals surface area contributed by atoms with E-state index in [1.807, 2.05) is 0 Å². The zero-order valence-electron chi connectivity index (χ0n) is 14.2. The fourth-order valence-corrected chi connectivity index (χ4v) is 2.63. The Hall–Kier alpha value is -2.77. The maximum atomic E-state index is 13.0. The van der Waals surface area contributed by atoms with Gasteiger partial charge < -0.3 is 14.5 Å². The number of carbonyl (C=O) groups is 2. The van der Waals surface area contributed by atoms with Crippen molar-refractivity contribution in [1.82, 2.24) is 15.0 Å². The molecule has 8 heteroatoms. The minimum atomic E-state index is -1.09. The van der Waals surface area contributed by atoms with Crippen molar-refractivity contribution in [3.8, 4) is 0 Å². The molecule has 0 radical (unpaired) electrons. The maximum Gasteiger partial charge on any atom is 0.323 e. The van der Waals surface area contributed by atoms with Crippen LogP contribution < -0.4 is 0 Å². The summed E-state index contributed by atoms with van der Waals surface area (Å²) in [5.74, 6) is -0.103. The van der Waals surface area contributed by atoms with E-state index in [9.17, 15) is 14.0 Å². The van der Waals surface area contributed by atoms with E-state index in [-0.39, 0.29) is 24.7 Å². The summed E-state index contributed by atoms with van der Waals surface area (Å²) in [4.78, 5) is 29.0. The standard InChI is InChI=1S/C18H20FN3O4/c19-14-8-4-12(5-9-14)10-22(11-17(24)25)16(23)3-1-2-15-20-18(21-26-15)13-6-7-13/h4-5,8-9,13H,1-3,6-7,10-11H2,(H,24,25). The van der Waals surface area contributed by atoms with Gasteiger partial charge in [-0.25, -0.2) is 4.39 Å². The molecule has 1 aromatic carbocycles. The first kappa shape index (κ1) is 18.0. The highest BCUT2D eigenvalue weighted by atomic mass is 19.1. The number of carboxylic acids is 1. The number of carbonyl (C=O) groups excluding carboxylic acids is 1. The van der Waals surface area contributed by atoms with E-state index in [1.165, 1.54) is 29.2 Å². The third kappa shape index (κ3) is 5.11. The first-order chi connectivity index (χ1) is 12.5. The Morgan fingerprint density at radius 3 is 2.65 bits per heavy atom. The minimum Gasteiger partial charge on any atom is -0.480 e. The number of benzene rings is 1. The van der Waals surface area contributed by atoms with Crippen LogP contribution in [-0.4, -0.2) is 38.6 Å². The number of hydrogen-bond acceptors (Lipinski definition) is 5. The predicted octanol–water partition coefficient (Wildman–Crippen LogP) is 2.52. The Morgan fingerprint density at radius 2 is 2.00 bits per heavy atom. The van der Waals surface area contributed by atoms with E-state index in [2.05, 4.69) is 10.1 Å². The summed E-state index contributed by atoms with van der Waals surface area (Å²) in [6.45, 7) is -0.277. The third-order valence-electron chi connectivity index (χ3n) is 4.17. The Balaban J connectivity index is 1.52. The van der Waals surface area contributed by atoms with Crippen LogP contribution in [0.3, 0.4) is 0 Å². The van der Waals surface area contributed by atoms with Crippen LogP contribution in [0.25, 0.3) is 0 Å². The molecule has 0 bridgehead atoms. The van der Waals surface area contributed by atoms with Gasteiger partial charge in [-0.15, -0.1) is 0 Å². The highest BCUT2D eigenvalue weighted by molar-refractivity contribution is 5.81. The number of halogens is 1. The zero-order chi connectivity index (χ0) is 18.5. The highest BCUT2D eigenvalue weighted by Gasteiger charge is 2.28. The van der Waals surface area contributed by atoms with Crippen molar-refractivity contribution in [3.05, 3.63) is 47.4 Å². The van der Waals surface area contributed by atoms with Gasteiger partial charge in [0, 0.05) is 25.3 Å². The molecule has 0 atom stereocenters. The Kier molecular flexibility index (Phi) is 5.60. The lowest BCUT2D eigenvalue weighted by Crippen LogP contribution is -2.35. The molecule has 1 amide bonds. The monoisotopic (exact) mass is 361 g/mol. The quantitative estimate of drug-likeness (QED) is 0.737. The summed E-state index contributed by atoms with van der Waals surface area (Å²) in [5, 5.41) is 13.0. The number of carboxylic acid groups (broad SMARTS) is 1. The molecular weight excluding hydrogens is 341 g/mol. The van der Waals surface area contributed by atoms with Gasteiger partial charge >= 0.3 is 5.97 Å². The molecule has 0 saturated heterocycles. The molecule has 1 saturated carbocycles. The summed E-state index contributed by atoms with van der Waals surface area (Å²) in [7, 11) is 0. The van der Waals surface area contributed by atoms with Gasteiger partial charge in [0.05, 0.1) is 0 Å². The Labute approximate surface area is 149 Å². The summed E-state index contributed by atoms with van der Waals surface area (Å²) in [6.07, 6.45) is 3.32. The summed E-state index contributed by atoms with van der Waals surface area (Å²) < 4.78 is 18.1. The van der Waals surface area contributed by atoms with Gasteiger partial charge in [-0.2, -0.15) is 4.98 Å². The van der Waals surface area contributed by atoms with Crippen LogP contribution in [0.1, 0.15) is 48.9 Å². The fourth-order valence-electron chi connectivity index (χ4n) is 2.63. The molecule has 0 aliphatic heterocycles. The van der Waals surface area contributed by atoms with Crippen LogP contribution in [0.2, 0.25) is 0 Å². The molecule has 26 heavy (non-hydrogen) atoms. The smallest absolute Gasteiger partial charge is 0.323 e. The maximum absolute atomic E-state index is 13.0. The molecule has 1 aromatic heterocycles. The molecule has 138 valence electrons. The fraction of sp³-hybridized carbons (Fsp3) is 0.444. The van der Waals surface area contributed by atoms with Crippen molar-refractivity contribution in [3.63, 3.8) is 0 Å². The topological polar surface area (TPSA) is 96.5 Å². The van der Waals surface area contributed by atoms with Gasteiger partial charge in [0.15, 0.2) is 5.82 Å². The lowest BCUT2D eigenvalue weighted by molar-refractivity contribution is -0.145. The van der Waals surface area contributed by atoms with Crippen LogP contribution in [0.4, 0.5) is 4.39 Å². The third-order valence-corrected chi connectivity index (χ3v) is 4.17. The van der Waals surface area contributed by atoms with Crippen LogP contribution in [0.15, 0.2) is 28.8 Å². The summed E-state index contributed by atoms with van der Waals surface area (Å²) in [6, 6.07) is 5.64. The minimum absolute atomic E-state index is 0.123. The van der Waals surface area contributed by atoms with Crippen molar-refractivity contribution in [1.29, 1.82) is 0 Å². The van der Waals surface area contributed by atoms with E-state index in [0.717, 1.165) is 18.7 Å². The number of aryl methyl sites for hydroxylation is 1. The van der Waals surface area contributed by atoms with Crippen molar-refractivity contribution in [2.24, 2.45) is 0 Å². The normalized spacial score (nSPS) is 13.6. The van der Waals surface area contributed by atoms with Gasteiger partial charge in [-0.3, -0.25) is 9.59 Å². The largest absolute Gasteiger partial charge is 0.480 e. The molecule has 0 spiro atoms. The van der Waals surface area contributed by atoms with Crippen molar-refractivity contribution < 1.29 is 23.6 Å². The Bertz CT molecular complexity index is 771. The average molecular weight is 361 g/mol. The Morgan fingerprint density at radius 1 is 1.27 bits per heavy atom. The molecule has 1 aliphatic carbocycles. The van der Waals surface area contributed by atoms with E-state index in [0.29, 0.717) is 30.2 Å². The molecule has 3 rings (SSSR count). The SMILES string of the molecule is O=C(O)CN(Cc1ccc(F)cc1)C(=O)CCCc1nc(C2CC2)no1. The van der Waals surface area contributed by atoms with Crippen LogP contribution in [-0.2, 0) is 22.6 Å². The van der Waals surface area contributed by atoms with Crippen molar-refractivity contribution in [2.45, 2.75) is 44.6 Å². The highest BCUT2D eigenvalue weighted by Crippen LogP contribution is 2.38. The van der Waals surface area contributed by atoms with Gasteiger partial charge in [-0.05, 0) is 37.0 Å². The first-order valence-corrected chi connectivity index (χ1v) is 8.58.